The Labute approximate surface area is 111 Å². The van der Waals surface area contributed by atoms with Crippen LogP contribution in [-0.2, 0) is 6.42 Å². The first-order valence-corrected chi connectivity index (χ1v) is 6.78. The maximum atomic E-state index is 13.0. The number of rotatable bonds is 5. The van der Waals surface area contributed by atoms with Gasteiger partial charge in [0.15, 0.2) is 0 Å². The van der Waals surface area contributed by atoms with Gasteiger partial charge in [0.2, 0.25) is 0 Å². The standard InChI is InChI=1S/C16H26FN/c1-12(8-9-18-16(3,4)5)10-14-6-7-15(17)11-13(14)2/h6-7,11-12,18H,8-10H2,1-5H3. The van der Waals surface area contributed by atoms with Crippen LogP contribution in [0.25, 0.3) is 0 Å². The second-order valence-corrected chi connectivity index (χ2v) is 6.35. The molecule has 1 rings (SSSR count). The first kappa shape index (κ1) is 15.2. The molecular formula is C16H26FN. The molecule has 0 fully saturated rings. The van der Waals surface area contributed by atoms with Gasteiger partial charge in [-0.05, 0) is 76.3 Å². The smallest absolute Gasteiger partial charge is 0.123 e. The van der Waals surface area contributed by atoms with E-state index in [9.17, 15) is 4.39 Å². The van der Waals surface area contributed by atoms with Crippen molar-refractivity contribution >= 4 is 0 Å². The van der Waals surface area contributed by atoms with Crippen molar-refractivity contribution in [3.05, 3.63) is 35.1 Å². The molecule has 18 heavy (non-hydrogen) atoms. The fourth-order valence-electron chi connectivity index (χ4n) is 2.06. The van der Waals surface area contributed by atoms with Gasteiger partial charge in [-0.15, -0.1) is 0 Å². The van der Waals surface area contributed by atoms with Crippen molar-refractivity contribution < 1.29 is 4.39 Å². The van der Waals surface area contributed by atoms with Crippen LogP contribution in [0.3, 0.4) is 0 Å². The van der Waals surface area contributed by atoms with E-state index in [2.05, 4.69) is 33.0 Å². The second-order valence-electron chi connectivity index (χ2n) is 6.35. The van der Waals surface area contributed by atoms with E-state index >= 15 is 0 Å². The summed E-state index contributed by atoms with van der Waals surface area (Å²) in [5.41, 5.74) is 2.51. The van der Waals surface area contributed by atoms with Crippen LogP contribution in [0.1, 0.15) is 45.2 Å². The number of hydrogen-bond acceptors (Lipinski definition) is 1. The Morgan fingerprint density at radius 1 is 1.28 bits per heavy atom. The predicted octanol–water partition coefficient (Wildman–Crippen LogP) is 4.09. The quantitative estimate of drug-likeness (QED) is 0.831. The largest absolute Gasteiger partial charge is 0.312 e. The lowest BCUT2D eigenvalue weighted by molar-refractivity contribution is 0.393. The molecule has 0 aliphatic rings. The van der Waals surface area contributed by atoms with Crippen LogP contribution in [0.5, 0.6) is 0 Å². The third kappa shape index (κ3) is 5.63. The topological polar surface area (TPSA) is 12.0 Å². The summed E-state index contributed by atoms with van der Waals surface area (Å²) in [4.78, 5) is 0. The maximum Gasteiger partial charge on any atom is 0.123 e. The average Bonchev–Trinajstić information content (AvgIpc) is 2.20. The number of halogens is 1. The van der Waals surface area contributed by atoms with Gasteiger partial charge in [0.25, 0.3) is 0 Å². The van der Waals surface area contributed by atoms with E-state index in [0.717, 1.165) is 24.9 Å². The van der Waals surface area contributed by atoms with Gasteiger partial charge in [0.1, 0.15) is 5.82 Å². The minimum absolute atomic E-state index is 0.140. The molecule has 0 aliphatic carbocycles. The van der Waals surface area contributed by atoms with Gasteiger partial charge in [0, 0.05) is 5.54 Å². The van der Waals surface area contributed by atoms with E-state index in [1.54, 1.807) is 12.1 Å². The lowest BCUT2D eigenvalue weighted by Crippen LogP contribution is -2.37. The molecule has 0 amide bonds. The predicted molar refractivity (Wildman–Crippen MR) is 76.4 cm³/mol. The fourth-order valence-corrected chi connectivity index (χ4v) is 2.06. The van der Waals surface area contributed by atoms with Gasteiger partial charge in [-0.2, -0.15) is 0 Å². The van der Waals surface area contributed by atoms with Gasteiger partial charge in [-0.3, -0.25) is 0 Å². The summed E-state index contributed by atoms with van der Waals surface area (Å²) in [6, 6.07) is 5.09. The van der Waals surface area contributed by atoms with Crippen molar-refractivity contribution in [2.75, 3.05) is 6.54 Å². The Morgan fingerprint density at radius 3 is 2.50 bits per heavy atom. The van der Waals surface area contributed by atoms with Crippen molar-refractivity contribution in [2.45, 2.75) is 53.0 Å². The molecule has 1 aromatic rings. The number of nitrogens with one attached hydrogen (secondary N) is 1. The first-order chi connectivity index (χ1) is 8.28. The SMILES string of the molecule is Cc1cc(F)ccc1CC(C)CCNC(C)(C)C. The lowest BCUT2D eigenvalue weighted by Gasteiger charge is -2.22. The van der Waals surface area contributed by atoms with Crippen LogP contribution in [0, 0.1) is 18.7 Å². The minimum Gasteiger partial charge on any atom is -0.312 e. The van der Waals surface area contributed by atoms with Crippen LogP contribution in [0.2, 0.25) is 0 Å². The fraction of sp³-hybridized carbons (Fsp3) is 0.625. The molecule has 0 radical (unpaired) electrons. The van der Waals surface area contributed by atoms with E-state index < -0.39 is 0 Å². The Hall–Kier alpha value is -0.890. The van der Waals surface area contributed by atoms with E-state index in [0.29, 0.717) is 5.92 Å². The average molecular weight is 251 g/mol. The summed E-state index contributed by atoms with van der Waals surface area (Å²) in [5, 5.41) is 3.50. The molecule has 1 aromatic carbocycles. The lowest BCUT2D eigenvalue weighted by atomic mass is 9.95. The molecule has 0 heterocycles. The van der Waals surface area contributed by atoms with Gasteiger partial charge < -0.3 is 5.32 Å². The Balaban J connectivity index is 2.42. The number of aryl methyl sites for hydroxylation is 1. The van der Waals surface area contributed by atoms with Gasteiger partial charge in [-0.1, -0.05) is 13.0 Å². The molecule has 0 aromatic heterocycles. The van der Waals surface area contributed by atoms with Gasteiger partial charge in [0.05, 0.1) is 0 Å². The molecule has 0 aliphatic heterocycles. The summed E-state index contributed by atoms with van der Waals surface area (Å²) in [6.07, 6.45) is 2.17. The highest BCUT2D eigenvalue weighted by atomic mass is 19.1. The molecule has 1 atom stereocenters. The maximum absolute atomic E-state index is 13.0. The van der Waals surface area contributed by atoms with Gasteiger partial charge >= 0.3 is 0 Å². The van der Waals surface area contributed by atoms with E-state index in [-0.39, 0.29) is 11.4 Å². The van der Waals surface area contributed by atoms with E-state index in [4.69, 9.17) is 0 Å². The van der Waals surface area contributed by atoms with Crippen molar-refractivity contribution in [3.8, 4) is 0 Å². The molecule has 1 nitrogen and oxygen atoms in total. The molecule has 0 saturated carbocycles. The van der Waals surface area contributed by atoms with E-state index in [1.807, 2.05) is 13.0 Å². The summed E-state index contributed by atoms with van der Waals surface area (Å²) in [5.74, 6) is 0.474. The Morgan fingerprint density at radius 2 is 1.94 bits per heavy atom. The second kappa shape index (κ2) is 6.33. The summed E-state index contributed by atoms with van der Waals surface area (Å²) in [6.45, 7) is 11.8. The molecule has 0 bridgehead atoms. The van der Waals surface area contributed by atoms with Crippen LogP contribution in [0.4, 0.5) is 4.39 Å². The van der Waals surface area contributed by atoms with Crippen LogP contribution < -0.4 is 5.32 Å². The zero-order chi connectivity index (χ0) is 13.8. The van der Waals surface area contributed by atoms with Crippen molar-refractivity contribution in [1.82, 2.24) is 5.32 Å². The minimum atomic E-state index is -0.140. The number of benzene rings is 1. The molecular weight excluding hydrogens is 225 g/mol. The van der Waals surface area contributed by atoms with Crippen molar-refractivity contribution in [3.63, 3.8) is 0 Å². The van der Waals surface area contributed by atoms with Gasteiger partial charge in [-0.25, -0.2) is 4.39 Å². The highest BCUT2D eigenvalue weighted by Crippen LogP contribution is 2.16. The van der Waals surface area contributed by atoms with Crippen LogP contribution in [0.15, 0.2) is 18.2 Å². The Kier molecular flexibility index (Phi) is 5.33. The summed E-state index contributed by atoms with van der Waals surface area (Å²) in [7, 11) is 0. The van der Waals surface area contributed by atoms with E-state index in [1.165, 1.54) is 5.56 Å². The molecule has 0 spiro atoms. The third-order valence-corrected chi connectivity index (χ3v) is 3.17. The first-order valence-electron chi connectivity index (χ1n) is 6.78. The molecule has 1 unspecified atom stereocenters. The zero-order valence-corrected chi connectivity index (χ0v) is 12.3. The normalized spacial score (nSPS) is 13.7. The molecule has 1 N–H and O–H groups in total. The molecule has 2 heteroatoms. The van der Waals surface area contributed by atoms with Crippen molar-refractivity contribution in [1.29, 1.82) is 0 Å². The monoisotopic (exact) mass is 251 g/mol. The summed E-state index contributed by atoms with van der Waals surface area (Å²) >= 11 is 0. The third-order valence-electron chi connectivity index (χ3n) is 3.17. The van der Waals surface area contributed by atoms with Crippen LogP contribution >= 0.6 is 0 Å². The zero-order valence-electron chi connectivity index (χ0n) is 12.3. The van der Waals surface area contributed by atoms with Crippen LogP contribution in [-0.4, -0.2) is 12.1 Å². The highest BCUT2D eigenvalue weighted by Gasteiger charge is 2.10. The Bertz CT molecular complexity index is 379. The highest BCUT2D eigenvalue weighted by molar-refractivity contribution is 5.26. The number of hydrogen-bond donors (Lipinski definition) is 1. The molecule has 0 saturated heterocycles. The summed E-state index contributed by atoms with van der Waals surface area (Å²) < 4.78 is 13.0. The molecule has 102 valence electrons. The van der Waals surface area contributed by atoms with Crippen molar-refractivity contribution in [2.24, 2.45) is 5.92 Å².